The van der Waals surface area contributed by atoms with Crippen molar-refractivity contribution in [3.63, 3.8) is 0 Å². The highest BCUT2D eigenvalue weighted by molar-refractivity contribution is 5.70. The minimum Gasteiger partial charge on any atom is -0.455 e. The van der Waals surface area contributed by atoms with Gasteiger partial charge in [0.1, 0.15) is 6.10 Å². The zero-order chi connectivity index (χ0) is 13.7. The largest absolute Gasteiger partial charge is 0.455 e. The molecule has 0 saturated carbocycles. The highest BCUT2D eigenvalue weighted by atomic mass is 16.7. The Morgan fingerprint density at radius 2 is 1.61 bits per heavy atom. The van der Waals surface area contributed by atoms with Crippen molar-refractivity contribution in [2.75, 3.05) is 6.61 Å². The van der Waals surface area contributed by atoms with Gasteiger partial charge < -0.3 is 24.4 Å². The van der Waals surface area contributed by atoms with Crippen molar-refractivity contribution in [1.29, 1.82) is 0 Å². The molecule has 1 saturated heterocycles. The Bertz CT molecular complexity index is 304. The number of carbonyl (C=O) groups excluding carboxylic acids is 2. The van der Waals surface area contributed by atoms with E-state index in [1.165, 1.54) is 0 Å². The average molecular weight is 262 g/mol. The lowest BCUT2D eigenvalue weighted by atomic mass is 10.1. The minimum absolute atomic E-state index is 0.126. The van der Waals surface area contributed by atoms with E-state index in [9.17, 15) is 14.7 Å². The summed E-state index contributed by atoms with van der Waals surface area (Å²) in [6, 6.07) is 0. The van der Waals surface area contributed by atoms with Gasteiger partial charge in [0, 0.05) is 12.8 Å². The lowest BCUT2D eigenvalue weighted by molar-refractivity contribution is -0.176. The topological polar surface area (TPSA) is 102 Å². The zero-order valence-corrected chi connectivity index (χ0v) is 10.4. The Labute approximate surface area is 105 Å². The fourth-order valence-corrected chi connectivity index (χ4v) is 1.59. The van der Waals surface area contributed by atoms with Crippen molar-refractivity contribution in [2.24, 2.45) is 0 Å². The summed E-state index contributed by atoms with van der Waals surface area (Å²) in [5.74, 6) is -1.06. The standard InChI is InChI=1S/C11H18O7/c1-3-7(13)17-9-6(5-12)16-11(15)10(9)18-8(14)4-2/h6,9-12,15H,3-5H2,1-2H3/t6-,9?,10?,11-/m1/s1. The van der Waals surface area contributed by atoms with Crippen LogP contribution < -0.4 is 0 Å². The Hall–Kier alpha value is -1.18. The molecule has 7 nitrogen and oxygen atoms in total. The monoisotopic (exact) mass is 262 g/mol. The van der Waals surface area contributed by atoms with E-state index in [2.05, 4.69) is 0 Å². The van der Waals surface area contributed by atoms with Gasteiger partial charge >= 0.3 is 11.9 Å². The summed E-state index contributed by atoms with van der Waals surface area (Å²) in [5.41, 5.74) is 0. The maximum Gasteiger partial charge on any atom is 0.306 e. The Kier molecular flexibility index (Phi) is 5.52. The van der Waals surface area contributed by atoms with Crippen LogP contribution in [0, 0.1) is 0 Å². The zero-order valence-electron chi connectivity index (χ0n) is 10.4. The molecule has 0 amide bonds. The Morgan fingerprint density at radius 1 is 1.11 bits per heavy atom. The molecular weight excluding hydrogens is 244 g/mol. The molecule has 2 N–H and O–H groups in total. The molecule has 0 aromatic heterocycles. The van der Waals surface area contributed by atoms with Crippen LogP contribution in [0.2, 0.25) is 0 Å². The van der Waals surface area contributed by atoms with Gasteiger partial charge in [0.15, 0.2) is 18.5 Å². The van der Waals surface area contributed by atoms with Gasteiger partial charge in [-0.1, -0.05) is 13.8 Å². The van der Waals surface area contributed by atoms with Gasteiger partial charge in [-0.2, -0.15) is 0 Å². The van der Waals surface area contributed by atoms with Crippen molar-refractivity contribution in [1.82, 2.24) is 0 Å². The van der Waals surface area contributed by atoms with Crippen LogP contribution >= 0.6 is 0 Å². The first-order valence-corrected chi connectivity index (χ1v) is 5.86. The third-order valence-corrected chi connectivity index (χ3v) is 2.58. The van der Waals surface area contributed by atoms with Crippen LogP contribution in [0.5, 0.6) is 0 Å². The number of carbonyl (C=O) groups is 2. The molecule has 7 heteroatoms. The SMILES string of the molecule is CCC(=O)OC1C(OC(=O)CC)[C@@H](CO)O[C@H]1O. The summed E-state index contributed by atoms with van der Waals surface area (Å²) in [6.45, 7) is 2.76. The first-order valence-electron chi connectivity index (χ1n) is 5.86. The number of hydrogen-bond donors (Lipinski definition) is 2. The van der Waals surface area contributed by atoms with Gasteiger partial charge in [-0.3, -0.25) is 9.59 Å². The van der Waals surface area contributed by atoms with Gasteiger partial charge in [-0.15, -0.1) is 0 Å². The van der Waals surface area contributed by atoms with Gasteiger partial charge in [0.05, 0.1) is 6.61 Å². The maximum atomic E-state index is 11.3. The first-order chi connectivity index (χ1) is 8.53. The van der Waals surface area contributed by atoms with Crippen LogP contribution in [0.25, 0.3) is 0 Å². The molecule has 0 radical (unpaired) electrons. The summed E-state index contributed by atoms with van der Waals surface area (Å²) in [5, 5.41) is 18.7. The summed E-state index contributed by atoms with van der Waals surface area (Å²) in [7, 11) is 0. The molecule has 1 rings (SSSR count). The molecule has 1 heterocycles. The van der Waals surface area contributed by atoms with Gasteiger partial charge in [0.2, 0.25) is 0 Å². The fourth-order valence-electron chi connectivity index (χ4n) is 1.59. The molecule has 4 atom stereocenters. The first kappa shape index (κ1) is 14.9. The normalized spacial score (nSPS) is 31.1. The van der Waals surface area contributed by atoms with E-state index in [1.54, 1.807) is 13.8 Å². The van der Waals surface area contributed by atoms with Crippen molar-refractivity contribution in [2.45, 2.75) is 51.3 Å². The Balaban J connectivity index is 2.75. The molecule has 0 bridgehead atoms. The molecule has 0 aromatic carbocycles. The third-order valence-electron chi connectivity index (χ3n) is 2.58. The van der Waals surface area contributed by atoms with Crippen LogP contribution in [0.1, 0.15) is 26.7 Å². The van der Waals surface area contributed by atoms with Crippen LogP contribution in [-0.2, 0) is 23.8 Å². The van der Waals surface area contributed by atoms with E-state index in [-0.39, 0.29) is 12.8 Å². The molecule has 0 spiro atoms. The van der Waals surface area contributed by atoms with E-state index in [4.69, 9.17) is 19.3 Å². The average Bonchev–Trinajstić information content (AvgIpc) is 2.66. The van der Waals surface area contributed by atoms with E-state index < -0.39 is 43.1 Å². The smallest absolute Gasteiger partial charge is 0.306 e. The summed E-state index contributed by atoms with van der Waals surface area (Å²) < 4.78 is 15.0. The second kappa shape index (κ2) is 6.67. The summed E-state index contributed by atoms with van der Waals surface area (Å²) in [6.07, 6.45) is -4.14. The van der Waals surface area contributed by atoms with Gasteiger partial charge in [-0.25, -0.2) is 0 Å². The van der Waals surface area contributed by atoms with E-state index in [1.807, 2.05) is 0 Å². The van der Waals surface area contributed by atoms with Crippen LogP contribution in [0.3, 0.4) is 0 Å². The fraction of sp³-hybridized carbons (Fsp3) is 0.818. The highest BCUT2D eigenvalue weighted by Gasteiger charge is 2.48. The number of aliphatic hydroxyl groups is 2. The number of ether oxygens (including phenoxy) is 3. The van der Waals surface area contributed by atoms with E-state index in [0.717, 1.165) is 0 Å². The van der Waals surface area contributed by atoms with Crippen molar-refractivity contribution < 1.29 is 34.0 Å². The van der Waals surface area contributed by atoms with Crippen molar-refractivity contribution in [3.05, 3.63) is 0 Å². The second-order valence-electron chi connectivity index (χ2n) is 3.86. The van der Waals surface area contributed by atoms with Gasteiger partial charge in [0.25, 0.3) is 0 Å². The van der Waals surface area contributed by atoms with E-state index in [0.29, 0.717) is 0 Å². The number of hydrogen-bond acceptors (Lipinski definition) is 7. The predicted molar refractivity (Wildman–Crippen MR) is 58.3 cm³/mol. The summed E-state index contributed by atoms with van der Waals surface area (Å²) >= 11 is 0. The van der Waals surface area contributed by atoms with Gasteiger partial charge in [-0.05, 0) is 0 Å². The molecule has 1 fully saturated rings. The van der Waals surface area contributed by atoms with Crippen molar-refractivity contribution in [3.8, 4) is 0 Å². The Morgan fingerprint density at radius 3 is 2.06 bits per heavy atom. The molecule has 2 unspecified atom stereocenters. The number of aliphatic hydroxyl groups excluding tert-OH is 2. The lowest BCUT2D eigenvalue weighted by Crippen LogP contribution is -2.41. The molecule has 104 valence electrons. The van der Waals surface area contributed by atoms with Crippen molar-refractivity contribution >= 4 is 11.9 Å². The predicted octanol–water partition coefficient (Wildman–Crippen LogP) is -0.661. The lowest BCUT2D eigenvalue weighted by Gasteiger charge is -2.22. The quantitative estimate of drug-likeness (QED) is 0.634. The van der Waals surface area contributed by atoms with Crippen LogP contribution in [-0.4, -0.2) is 53.4 Å². The summed E-state index contributed by atoms with van der Waals surface area (Å²) in [4.78, 5) is 22.5. The molecule has 0 aliphatic carbocycles. The molecular formula is C11H18O7. The third kappa shape index (κ3) is 3.41. The number of esters is 2. The second-order valence-corrected chi connectivity index (χ2v) is 3.86. The van der Waals surface area contributed by atoms with E-state index >= 15 is 0 Å². The van der Waals surface area contributed by atoms with Crippen LogP contribution in [0.15, 0.2) is 0 Å². The molecule has 1 aliphatic heterocycles. The molecule has 1 aliphatic rings. The molecule has 18 heavy (non-hydrogen) atoms. The molecule has 0 aromatic rings. The maximum absolute atomic E-state index is 11.3. The minimum atomic E-state index is -1.41. The number of rotatable bonds is 5. The highest BCUT2D eigenvalue weighted by Crippen LogP contribution is 2.26. The van der Waals surface area contributed by atoms with Crippen LogP contribution in [0.4, 0.5) is 0 Å².